The lowest BCUT2D eigenvalue weighted by Gasteiger charge is -2.17. The summed E-state index contributed by atoms with van der Waals surface area (Å²) in [6.07, 6.45) is 0.820. The zero-order chi connectivity index (χ0) is 21.7. The minimum Gasteiger partial charge on any atom is -0.493 e. The van der Waals surface area contributed by atoms with Gasteiger partial charge in [0.2, 0.25) is 11.8 Å². The van der Waals surface area contributed by atoms with Crippen molar-refractivity contribution in [1.82, 2.24) is 10.2 Å². The van der Waals surface area contributed by atoms with E-state index in [0.717, 1.165) is 5.56 Å². The highest BCUT2D eigenvalue weighted by Crippen LogP contribution is 2.28. The van der Waals surface area contributed by atoms with Crippen molar-refractivity contribution in [2.24, 2.45) is 5.92 Å². The van der Waals surface area contributed by atoms with Crippen molar-refractivity contribution in [2.45, 2.75) is 19.4 Å². The van der Waals surface area contributed by atoms with Crippen molar-refractivity contribution >= 4 is 23.4 Å². The number of likely N-dealkylation sites (tertiary alicyclic amines) is 1. The number of methoxy groups -OCH3 is 2. The van der Waals surface area contributed by atoms with Crippen LogP contribution in [0.2, 0.25) is 5.02 Å². The summed E-state index contributed by atoms with van der Waals surface area (Å²) in [6.45, 7) is 1.07. The summed E-state index contributed by atoms with van der Waals surface area (Å²) in [4.78, 5) is 26.5. The van der Waals surface area contributed by atoms with Crippen LogP contribution in [0.5, 0.6) is 11.5 Å². The first-order valence-electron chi connectivity index (χ1n) is 9.61. The lowest BCUT2D eigenvalue weighted by atomic mass is 10.1. The van der Waals surface area contributed by atoms with E-state index in [-0.39, 0.29) is 29.8 Å². The largest absolute Gasteiger partial charge is 0.493 e. The molecule has 6 nitrogen and oxygen atoms in total. The molecule has 1 heterocycles. The number of rotatable bonds is 8. The smallest absolute Gasteiger partial charge is 0.225 e. The number of halogens is 2. The van der Waals surface area contributed by atoms with Gasteiger partial charge in [-0.2, -0.15) is 0 Å². The standard InChI is InChI=1S/C22H24ClFN2O4/c1-29-19-6-3-14(9-20(19)30-2)7-8-26-13-16(10-21(26)27)22(28)25-12-15-4-5-17(24)11-18(15)23/h3-6,9,11,16H,7-8,10,12-13H2,1-2H3,(H,25,28)/t16-/m0/s1. The van der Waals surface area contributed by atoms with Crippen LogP contribution in [-0.2, 0) is 22.6 Å². The van der Waals surface area contributed by atoms with Crippen LogP contribution in [0.3, 0.4) is 0 Å². The summed E-state index contributed by atoms with van der Waals surface area (Å²) in [6, 6.07) is 9.68. The van der Waals surface area contributed by atoms with E-state index in [9.17, 15) is 14.0 Å². The fourth-order valence-corrected chi connectivity index (χ4v) is 3.69. The predicted molar refractivity (Wildman–Crippen MR) is 111 cm³/mol. The van der Waals surface area contributed by atoms with Crippen LogP contribution in [0.1, 0.15) is 17.5 Å². The van der Waals surface area contributed by atoms with Crippen LogP contribution in [-0.4, -0.2) is 44.0 Å². The van der Waals surface area contributed by atoms with Gasteiger partial charge in [0, 0.05) is 31.1 Å². The van der Waals surface area contributed by atoms with Gasteiger partial charge in [-0.05, 0) is 41.8 Å². The molecular formula is C22H24ClFN2O4. The minimum atomic E-state index is -0.429. The first kappa shape index (κ1) is 21.9. The van der Waals surface area contributed by atoms with Gasteiger partial charge in [0.1, 0.15) is 5.82 Å². The maximum absolute atomic E-state index is 13.1. The Kier molecular flexibility index (Phi) is 7.15. The molecule has 0 saturated carbocycles. The van der Waals surface area contributed by atoms with E-state index in [1.54, 1.807) is 19.1 Å². The van der Waals surface area contributed by atoms with Crippen LogP contribution < -0.4 is 14.8 Å². The summed E-state index contributed by atoms with van der Waals surface area (Å²) in [7, 11) is 3.16. The summed E-state index contributed by atoms with van der Waals surface area (Å²) in [5.74, 6) is 0.187. The van der Waals surface area contributed by atoms with Crippen LogP contribution >= 0.6 is 11.6 Å². The van der Waals surface area contributed by atoms with E-state index in [1.165, 1.54) is 18.2 Å². The number of benzene rings is 2. The first-order chi connectivity index (χ1) is 14.4. The molecule has 160 valence electrons. The number of carbonyl (C=O) groups excluding carboxylic acids is 2. The second kappa shape index (κ2) is 9.80. The van der Waals surface area contributed by atoms with Crippen LogP contribution in [0.15, 0.2) is 36.4 Å². The highest BCUT2D eigenvalue weighted by molar-refractivity contribution is 6.31. The molecule has 30 heavy (non-hydrogen) atoms. The maximum atomic E-state index is 13.1. The van der Waals surface area contributed by atoms with E-state index in [0.29, 0.717) is 36.6 Å². The minimum absolute atomic E-state index is 0.0459. The van der Waals surface area contributed by atoms with Gasteiger partial charge >= 0.3 is 0 Å². The SMILES string of the molecule is COc1ccc(CCN2C[C@@H](C(=O)NCc3ccc(F)cc3Cl)CC2=O)cc1OC. The number of nitrogens with one attached hydrogen (secondary N) is 1. The molecule has 1 fully saturated rings. The van der Waals surface area contributed by atoms with Crippen molar-refractivity contribution in [3.63, 3.8) is 0 Å². The van der Waals surface area contributed by atoms with Crippen LogP contribution in [0, 0.1) is 11.7 Å². The average molecular weight is 435 g/mol. The Hall–Kier alpha value is -2.80. The van der Waals surface area contributed by atoms with Gasteiger partial charge in [0.25, 0.3) is 0 Å². The second-order valence-electron chi connectivity index (χ2n) is 7.13. The van der Waals surface area contributed by atoms with Gasteiger partial charge in [-0.25, -0.2) is 4.39 Å². The number of nitrogens with zero attached hydrogens (tertiary/aromatic N) is 1. The highest BCUT2D eigenvalue weighted by Gasteiger charge is 2.33. The second-order valence-corrected chi connectivity index (χ2v) is 7.54. The number of carbonyl (C=O) groups is 2. The maximum Gasteiger partial charge on any atom is 0.225 e. The molecule has 0 spiro atoms. The molecular weight excluding hydrogens is 411 g/mol. The number of ether oxygens (including phenoxy) is 2. The van der Waals surface area contributed by atoms with Gasteiger partial charge in [-0.15, -0.1) is 0 Å². The molecule has 2 aromatic carbocycles. The van der Waals surface area contributed by atoms with Gasteiger partial charge in [-0.1, -0.05) is 23.7 Å². The number of hydrogen-bond donors (Lipinski definition) is 1. The molecule has 2 amide bonds. The zero-order valence-corrected chi connectivity index (χ0v) is 17.7. The lowest BCUT2D eigenvalue weighted by Crippen LogP contribution is -2.33. The zero-order valence-electron chi connectivity index (χ0n) is 16.9. The molecule has 3 rings (SSSR count). The van der Waals surface area contributed by atoms with E-state index in [2.05, 4.69) is 5.32 Å². The Bertz CT molecular complexity index is 937. The van der Waals surface area contributed by atoms with Crippen molar-refractivity contribution < 1.29 is 23.5 Å². The quantitative estimate of drug-likeness (QED) is 0.692. The van der Waals surface area contributed by atoms with Crippen molar-refractivity contribution in [3.8, 4) is 11.5 Å². The molecule has 8 heteroatoms. The van der Waals surface area contributed by atoms with E-state index < -0.39 is 11.7 Å². The Labute approximate surface area is 179 Å². The molecule has 0 aliphatic carbocycles. The fourth-order valence-electron chi connectivity index (χ4n) is 3.46. The molecule has 0 aromatic heterocycles. The number of amides is 2. The normalized spacial score (nSPS) is 15.9. The predicted octanol–water partition coefficient (Wildman–Crippen LogP) is 3.20. The monoisotopic (exact) mass is 434 g/mol. The average Bonchev–Trinajstić information content (AvgIpc) is 3.11. The molecule has 1 aliphatic rings. The molecule has 1 saturated heterocycles. The van der Waals surface area contributed by atoms with Gasteiger partial charge in [0.15, 0.2) is 11.5 Å². The molecule has 1 N–H and O–H groups in total. The van der Waals surface area contributed by atoms with Crippen LogP contribution in [0.25, 0.3) is 0 Å². The van der Waals surface area contributed by atoms with E-state index in [1.807, 2.05) is 18.2 Å². The first-order valence-corrected chi connectivity index (χ1v) is 9.99. The number of hydrogen-bond acceptors (Lipinski definition) is 4. The third kappa shape index (κ3) is 5.21. The van der Waals surface area contributed by atoms with Gasteiger partial charge in [0.05, 0.1) is 20.1 Å². The van der Waals surface area contributed by atoms with Gasteiger partial charge in [-0.3, -0.25) is 9.59 Å². The van der Waals surface area contributed by atoms with Crippen molar-refractivity contribution in [1.29, 1.82) is 0 Å². The highest BCUT2D eigenvalue weighted by atomic mass is 35.5. The van der Waals surface area contributed by atoms with Crippen molar-refractivity contribution in [2.75, 3.05) is 27.3 Å². The summed E-state index contributed by atoms with van der Waals surface area (Å²) < 4.78 is 23.7. The topological polar surface area (TPSA) is 67.9 Å². The molecule has 2 aromatic rings. The molecule has 0 bridgehead atoms. The van der Waals surface area contributed by atoms with Crippen LogP contribution in [0.4, 0.5) is 4.39 Å². The van der Waals surface area contributed by atoms with E-state index >= 15 is 0 Å². The Morgan fingerprint density at radius 1 is 1.20 bits per heavy atom. The third-order valence-electron chi connectivity index (χ3n) is 5.17. The fraction of sp³-hybridized carbons (Fsp3) is 0.364. The Morgan fingerprint density at radius 3 is 2.67 bits per heavy atom. The molecule has 1 atom stereocenters. The van der Waals surface area contributed by atoms with E-state index in [4.69, 9.17) is 21.1 Å². The van der Waals surface area contributed by atoms with Gasteiger partial charge < -0.3 is 19.7 Å². The summed E-state index contributed by atoms with van der Waals surface area (Å²) in [5.41, 5.74) is 1.64. The summed E-state index contributed by atoms with van der Waals surface area (Å²) in [5, 5.41) is 3.05. The van der Waals surface area contributed by atoms with Crippen molar-refractivity contribution in [3.05, 3.63) is 58.4 Å². The summed E-state index contributed by atoms with van der Waals surface area (Å²) >= 11 is 5.99. The Balaban J connectivity index is 1.52. The molecule has 0 unspecified atom stereocenters. The molecule has 0 radical (unpaired) electrons. The third-order valence-corrected chi connectivity index (χ3v) is 5.52. The lowest BCUT2D eigenvalue weighted by molar-refractivity contribution is -0.129. The Morgan fingerprint density at radius 2 is 1.97 bits per heavy atom. The molecule has 1 aliphatic heterocycles.